The summed E-state index contributed by atoms with van der Waals surface area (Å²) in [5, 5.41) is 26.0. The van der Waals surface area contributed by atoms with Crippen LogP contribution in [0.2, 0.25) is 0 Å². The highest BCUT2D eigenvalue weighted by atomic mass is 32.2. The Kier molecular flexibility index (Phi) is 15.0. The van der Waals surface area contributed by atoms with Crippen LogP contribution in [0.3, 0.4) is 0 Å². The summed E-state index contributed by atoms with van der Waals surface area (Å²) in [4.78, 5) is 65.5. The van der Waals surface area contributed by atoms with Gasteiger partial charge in [0.25, 0.3) is 0 Å². The molecule has 14 nitrogen and oxygen atoms in total. The second kappa shape index (κ2) is 17.6. The fraction of sp³-hybridized carbons (Fsp3) is 0.500. The SMILES string of the molecule is CSCCC(NC(=O)C(N)CCCN=C(N)N)C(=O)NC(CC(=O)O)C(=O)NC(Cc1ccccc1)C(=O)O. The van der Waals surface area contributed by atoms with Gasteiger partial charge in [0, 0.05) is 13.0 Å². The second-order valence-corrected chi connectivity index (χ2v) is 9.63. The molecule has 0 aliphatic rings. The van der Waals surface area contributed by atoms with Gasteiger partial charge in [0.05, 0.1) is 12.5 Å². The van der Waals surface area contributed by atoms with E-state index >= 15 is 0 Å². The average Bonchev–Trinajstić information content (AvgIpc) is 2.87. The Bertz CT molecular complexity index is 1010. The molecule has 3 amide bonds. The van der Waals surface area contributed by atoms with E-state index < -0.39 is 60.2 Å². The lowest BCUT2D eigenvalue weighted by Crippen LogP contribution is -2.57. The highest BCUT2D eigenvalue weighted by Gasteiger charge is 2.31. The Morgan fingerprint density at radius 1 is 0.897 bits per heavy atom. The number of aliphatic imine (C=N–C) groups is 1. The van der Waals surface area contributed by atoms with Crippen molar-refractivity contribution < 1.29 is 34.2 Å². The number of aliphatic carboxylic acids is 2. The first-order valence-corrected chi connectivity index (χ1v) is 13.5. The number of hydrogen-bond acceptors (Lipinski definition) is 8. The smallest absolute Gasteiger partial charge is 0.326 e. The summed E-state index contributed by atoms with van der Waals surface area (Å²) in [5.41, 5.74) is 17.1. The van der Waals surface area contributed by atoms with Gasteiger partial charge >= 0.3 is 11.9 Å². The Morgan fingerprint density at radius 2 is 1.49 bits per heavy atom. The number of carboxylic acid groups (broad SMARTS) is 2. The monoisotopic (exact) mass is 567 g/mol. The normalized spacial score (nSPS) is 13.7. The van der Waals surface area contributed by atoms with Crippen molar-refractivity contribution in [3.8, 4) is 0 Å². The van der Waals surface area contributed by atoms with Crippen LogP contribution in [-0.4, -0.2) is 88.6 Å². The van der Waals surface area contributed by atoms with Crippen molar-refractivity contribution in [1.82, 2.24) is 16.0 Å². The van der Waals surface area contributed by atoms with Crippen molar-refractivity contribution in [2.24, 2.45) is 22.2 Å². The van der Waals surface area contributed by atoms with Gasteiger partial charge in [-0.1, -0.05) is 30.3 Å². The zero-order valence-electron chi connectivity index (χ0n) is 21.7. The zero-order valence-corrected chi connectivity index (χ0v) is 22.5. The highest BCUT2D eigenvalue weighted by Crippen LogP contribution is 2.07. The Morgan fingerprint density at radius 3 is 2.05 bits per heavy atom. The van der Waals surface area contributed by atoms with E-state index in [0.29, 0.717) is 17.7 Å². The molecule has 1 rings (SSSR count). The van der Waals surface area contributed by atoms with Gasteiger partial charge in [0.1, 0.15) is 18.1 Å². The van der Waals surface area contributed by atoms with Crippen molar-refractivity contribution in [2.75, 3.05) is 18.6 Å². The molecule has 4 atom stereocenters. The maximum Gasteiger partial charge on any atom is 0.326 e. The van der Waals surface area contributed by atoms with Gasteiger partial charge in [-0.3, -0.25) is 24.2 Å². The third-order valence-corrected chi connectivity index (χ3v) is 6.10. The maximum absolute atomic E-state index is 13.0. The van der Waals surface area contributed by atoms with Crippen LogP contribution >= 0.6 is 11.8 Å². The lowest BCUT2D eigenvalue weighted by atomic mass is 10.0. The minimum absolute atomic E-state index is 0.0525. The fourth-order valence-electron chi connectivity index (χ4n) is 3.41. The summed E-state index contributed by atoms with van der Waals surface area (Å²) in [6.07, 6.45) is 1.77. The van der Waals surface area contributed by atoms with E-state index in [0.717, 1.165) is 0 Å². The number of amides is 3. The predicted octanol–water partition coefficient (Wildman–Crippen LogP) is -1.62. The van der Waals surface area contributed by atoms with E-state index in [1.54, 1.807) is 36.6 Å². The number of nitrogens with two attached hydrogens (primary N) is 3. The molecule has 0 bridgehead atoms. The molecule has 4 unspecified atom stereocenters. The lowest BCUT2D eigenvalue weighted by molar-refractivity contribution is -0.143. The third kappa shape index (κ3) is 13.5. The van der Waals surface area contributed by atoms with Crippen molar-refractivity contribution in [1.29, 1.82) is 0 Å². The molecule has 216 valence electrons. The summed E-state index contributed by atoms with van der Waals surface area (Å²) in [7, 11) is 0. The molecule has 11 N–H and O–H groups in total. The van der Waals surface area contributed by atoms with Gasteiger partial charge in [-0.25, -0.2) is 4.79 Å². The largest absolute Gasteiger partial charge is 0.481 e. The number of nitrogens with zero attached hydrogens (tertiary/aromatic N) is 1. The van der Waals surface area contributed by atoms with E-state index in [4.69, 9.17) is 17.2 Å². The molecule has 1 aromatic carbocycles. The third-order valence-electron chi connectivity index (χ3n) is 5.46. The highest BCUT2D eigenvalue weighted by molar-refractivity contribution is 7.98. The quantitative estimate of drug-likeness (QED) is 0.0568. The molecule has 0 saturated heterocycles. The van der Waals surface area contributed by atoms with Gasteiger partial charge in [-0.05, 0) is 36.8 Å². The first kappa shape index (κ1) is 33.2. The van der Waals surface area contributed by atoms with Gasteiger partial charge < -0.3 is 43.4 Å². The number of rotatable bonds is 18. The van der Waals surface area contributed by atoms with E-state index in [9.17, 15) is 34.2 Å². The predicted molar refractivity (Wildman–Crippen MR) is 147 cm³/mol. The number of thioether (sulfide) groups is 1. The molecular formula is C24H37N7O7S. The van der Waals surface area contributed by atoms with Crippen LogP contribution in [-0.2, 0) is 30.4 Å². The van der Waals surface area contributed by atoms with E-state index in [1.807, 2.05) is 0 Å². The van der Waals surface area contributed by atoms with Gasteiger partial charge in [-0.2, -0.15) is 11.8 Å². The number of carboxylic acids is 2. The summed E-state index contributed by atoms with van der Waals surface area (Å²) in [6.45, 7) is 0.271. The van der Waals surface area contributed by atoms with Crippen LogP contribution in [0, 0.1) is 0 Å². The van der Waals surface area contributed by atoms with Gasteiger partial charge in [-0.15, -0.1) is 0 Å². The van der Waals surface area contributed by atoms with E-state index in [1.165, 1.54) is 11.8 Å². The Labute approximate surface area is 230 Å². The summed E-state index contributed by atoms with van der Waals surface area (Å²) in [5.74, 6) is -4.75. The van der Waals surface area contributed by atoms with E-state index in [2.05, 4.69) is 20.9 Å². The molecule has 39 heavy (non-hydrogen) atoms. The molecule has 1 aromatic rings. The first-order chi connectivity index (χ1) is 18.4. The van der Waals surface area contributed by atoms with Gasteiger partial charge in [0.2, 0.25) is 17.7 Å². The number of guanidine groups is 1. The van der Waals surface area contributed by atoms with Crippen LogP contribution in [0.4, 0.5) is 0 Å². The minimum atomic E-state index is -1.59. The number of carbonyl (C=O) groups excluding carboxylic acids is 3. The number of carbonyl (C=O) groups is 5. The van der Waals surface area contributed by atoms with Crippen molar-refractivity contribution >= 4 is 47.4 Å². The van der Waals surface area contributed by atoms with Crippen LogP contribution in [0.15, 0.2) is 35.3 Å². The van der Waals surface area contributed by atoms with Crippen LogP contribution in [0.25, 0.3) is 0 Å². The standard InChI is InChI=1S/C24H37N7O7S/c1-39-11-9-16(29-20(34)15(25)8-5-10-28-24(26)27)21(35)30-17(13-19(32)33)22(36)31-18(23(37)38)12-14-6-3-2-4-7-14/h2-4,6-7,15-18H,5,8-13,25H2,1H3,(H,29,34)(H,30,35)(H,31,36)(H,32,33)(H,37,38)(H4,26,27,28). The zero-order chi connectivity index (χ0) is 29.4. The molecule has 0 saturated carbocycles. The number of nitrogens with one attached hydrogen (secondary N) is 3. The molecule has 15 heteroatoms. The van der Waals surface area contributed by atoms with Crippen LogP contribution in [0.5, 0.6) is 0 Å². The molecule has 0 radical (unpaired) electrons. The van der Waals surface area contributed by atoms with Crippen LogP contribution < -0.4 is 33.2 Å². The molecule has 0 fully saturated rings. The lowest BCUT2D eigenvalue weighted by Gasteiger charge is -2.24. The Balaban J connectivity index is 2.92. The summed E-state index contributed by atoms with van der Waals surface area (Å²) < 4.78 is 0. The van der Waals surface area contributed by atoms with E-state index in [-0.39, 0.29) is 31.8 Å². The minimum Gasteiger partial charge on any atom is -0.481 e. The number of hydrogen-bond donors (Lipinski definition) is 8. The van der Waals surface area contributed by atoms with Crippen molar-refractivity contribution in [3.05, 3.63) is 35.9 Å². The van der Waals surface area contributed by atoms with Crippen molar-refractivity contribution in [3.63, 3.8) is 0 Å². The van der Waals surface area contributed by atoms with Crippen LogP contribution in [0.1, 0.15) is 31.2 Å². The average molecular weight is 568 g/mol. The fourth-order valence-corrected chi connectivity index (χ4v) is 3.88. The van der Waals surface area contributed by atoms with Crippen molar-refractivity contribution in [2.45, 2.75) is 56.3 Å². The molecule has 0 aromatic heterocycles. The topological polar surface area (TPSA) is 252 Å². The summed E-state index contributed by atoms with van der Waals surface area (Å²) >= 11 is 1.41. The molecule has 0 aliphatic heterocycles. The number of benzene rings is 1. The molecule has 0 heterocycles. The molecular weight excluding hydrogens is 530 g/mol. The molecule has 0 aliphatic carbocycles. The van der Waals surface area contributed by atoms with Gasteiger partial charge in [0.15, 0.2) is 5.96 Å². The Hall–Kier alpha value is -3.85. The first-order valence-electron chi connectivity index (χ1n) is 12.1. The second-order valence-electron chi connectivity index (χ2n) is 8.65. The molecule has 0 spiro atoms. The maximum atomic E-state index is 13.0. The summed E-state index contributed by atoms with van der Waals surface area (Å²) in [6, 6.07) is 3.51.